The van der Waals surface area contributed by atoms with E-state index in [-0.39, 0.29) is 21.8 Å². The SMILES string of the molecule is O=c1oc2ccc(Br)cc2cc1-c1csc(N2N=C(C(F)(F)F)CC2(O)C(F)(F)F)n1. The number of fused-ring (bicyclic) bond motifs is 1. The number of thiazole rings is 1. The molecule has 0 amide bonds. The third-order valence-corrected chi connectivity index (χ3v) is 5.72. The molecule has 1 atom stereocenters. The van der Waals surface area contributed by atoms with Gasteiger partial charge < -0.3 is 9.52 Å². The number of alkyl halides is 6. The van der Waals surface area contributed by atoms with Crippen LogP contribution in [0.2, 0.25) is 0 Å². The Balaban J connectivity index is 1.80. The van der Waals surface area contributed by atoms with Crippen LogP contribution in [0.25, 0.3) is 22.2 Å². The van der Waals surface area contributed by atoms with E-state index in [0.717, 1.165) is 5.38 Å². The quantitative estimate of drug-likeness (QED) is 0.372. The smallest absolute Gasteiger partial charge is 0.422 e. The van der Waals surface area contributed by atoms with Crippen molar-refractivity contribution in [2.45, 2.75) is 24.5 Å². The van der Waals surface area contributed by atoms with Gasteiger partial charge in [-0.15, -0.1) is 11.3 Å². The normalized spacial score (nSPS) is 19.9. The maximum absolute atomic E-state index is 13.4. The Hall–Kier alpha value is -2.45. The number of hydrazone groups is 1. The van der Waals surface area contributed by atoms with Gasteiger partial charge >= 0.3 is 18.0 Å². The fourth-order valence-electron chi connectivity index (χ4n) is 2.88. The molecule has 1 N–H and O–H groups in total. The van der Waals surface area contributed by atoms with Crippen LogP contribution in [0, 0.1) is 0 Å². The highest BCUT2D eigenvalue weighted by atomic mass is 79.9. The van der Waals surface area contributed by atoms with Gasteiger partial charge in [-0.3, -0.25) is 0 Å². The predicted molar refractivity (Wildman–Crippen MR) is 103 cm³/mol. The van der Waals surface area contributed by atoms with Crippen LogP contribution >= 0.6 is 27.3 Å². The first-order chi connectivity index (χ1) is 14.3. The first-order valence-corrected chi connectivity index (χ1v) is 9.90. The van der Waals surface area contributed by atoms with Crippen molar-refractivity contribution in [3.63, 3.8) is 0 Å². The van der Waals surface area contributed by atoms with Gasteiger partial charge in [-0.25, -0.2) is 9.78 Å². The van der Waals surface area contributed by atoms with E-state index in [1.54, 1.807) is 12.1 Å². The van der Waals surface area contributed by atoms with Gasteiger partial charge in [0.1, 0.15) is 11.3 Å². The first kappa shape index (κ1) is 21.8. The topological polar surface area (TPSA) is 78.9 Å². The van der Waals surface area contributed by atoms with Crippen molar-refractivity contribution >= 4 is 49.1 Å². The van der Waals surface area contributed by atoms with Crippen LogP contribution in [0.4, 0.5) is 31.5 Å². The Labute approximate surface area is 180 Å². The molecule has 3 aromatic rings. The van der Waals surface area contributed by atoms with Gasteiger partial charge in [0.25, 0.3) is 5.72 Å². The average molecular weight is 528 g/mol. The number of aliphatic hydroxyl groups is 1. The van der Waals surface area contributed by atoms with Crippen molar-refractivity contribution < 1.29 is 35.9 Å². The fourth-order valence-corrected chi connectivity index (χ4v) is 4.10. The second kappa shape index (κ2) is 7.03. The molecule has 164 valence electrons. The van der Waals surface area contributed by atoms with Crippen molar-refractivity contribution in [3.8, 4) is 11.3 Å². The molecule has 1 unspecified atom stereocenters. The number of nitrogens with zero attached hydrogens (tertiary/aromatic N) is 3. The van der Waals surface area contributed by atoms with E-state index in [0.29, 0.717) is 21.2 Å². The summed E-state index contributed by atoms with van der Waals surface area (Å²) in [6, 6.07) is 6.17. The van der Waals surface area contributed by atoms with E-state index < -0.39 is 41.0 Å². The standard InChI is InChI=1S/C17H8BrF6N3O3S/c18-8-1-2-11-7(3-8)4-9(13(28)30-11)10-6-31-14(25-10)27-15(29,17(22,23)24)5-12(26-27)16(19,20)21/h1-4,6,29H,5H2. The lowest BCUT2D eigenvalue weighted by Gasteiger charge is -2.32. The van der Waals surface area contributed by atoms with Crippen molar-refractivity contribution in [1.82, 2.24) is 4.98 Å². The van der Waals surface area contributed by atoms with Crippen molar-refractivity contribution in [1.29, 1.82) is 0 Å². The predicted octanol–water partition coefficient (Wildman–Crippen LogP) is 5.06. The molecule has 4 rings (SSSR count). The maximum Gasteiger partial charge on any atom is 0.438 e. The molecule has 14 heteroatoms. The molecule has 0 aliphatic carbocycles. The molecule has 1 aromatic carbocycles. The molecule has 0 fully saturated rings. The van der Waals surface area contributed by atoms with Gasteiger partial charge in [0.05, 0.1) is 17.7 Å². The van der Waals surface area contributed by atoms with Crippen LogP contribution in [0.1, 0.15) is 6.42 Å². The molecule has 0 bridgehead atoms. The second-order valence-electron chi connectivity index (χ2n) is 6.49. The third-order valence-electron chi connectivity index (χ3n) is 4.41. The van der Waals surface area contributed by atoms with Gasteiger partial charge in [0, 0.05) is 15.2 Å². The van der Waals surface area contributed by atoms with Crippen LogP contribution in [0.15, 0.2) is 48.4 Å². The summed E-state index contributed by atoms with van der Waals surface area (Å²) in [6.07, 6.45) is -12.5. The lowest BCUT2D eigenvalue weighted by Crippen LogP contribution is -2.55. The van der Waals surface area contributed by atoms with E-state index >= 15 is 0 Å². The molecule has 0 radical (unpaired) electrons. The Morgan fingerprint density at radius 3 is 2.55 bits per heavy atom. The molecular weight excluding hydrogens is 520 g/mol. The van der Waals surface area contributed by atoms with E-state index in [2.05, 4.69) is 26.0 Å². The maximum atomic E-state index is 13.4. The zero-order valence-corrected chi connectivity index (χ0v) is 17.2. The summed E-state index contributed by atoms with van der Waals surface area (Å²) in [5.41, 5.74) is -6.61. The van der Waals surface area contributed by atoms with Crippen LogP contribution in [-0.4, -0.2) is 33.9 Å². The molecule has 2 aromatic heterocycles. The van der Waals surface area contributed by atoms with E-state index in [1.807, 2.05) is 0 Å². The van der Waals surface area contributed by atoms with E-state index in [4.69, 9.17) is 4.42 Å². The minimum Gasteiger partial charge on any atom is -0.422 e. The van der Waals surface area contributed by atoms with Gasteiger partial charge in [0.2, 0.25) is 5.13 Å². The zero-order chi connectivity index (χ0) is 22.8. The monoisotopic (exact) mass is 527 g/mol. The molecule has 0 spiro atoms. The summed E-state index contributed by atoms with van der Waals surface area (Å²) in [5, 5.41) is 13.7. The summed E-state index contributed by atoms with van der Waals surface area (Å²) in [7, 11) is 0. The molecule has 0 saturated heterocycles. The molecule has 6 nitrogen and oxygen atoms in total. The van der Waals surface area contributed by atoms with Gasteiger partial charge in [-0.1, -0.05) is 15.9 Å². The summed E-state index contributed by atoms with van der Waals surface area (Å²) < 4.78 is 85.0. The Bertz CT molecular complexity index is 1270. The summed E-state index contributed by atoms with van der Waals surface area (Å²) in [4.78, 5) is 16.1. The molecule has 1 aliphatic heterocycles. The lowest BCUT2D eigenvalue weighted by atomic mass is 10.1. The minimum absolute atomic E-state index is 0.122. The van der Waals surface area contributed by atoms with Crippen LogP contribution < -0.4 is 10.6 Å². The van der Waals surface area contributed by atoms with Gasteiger partial charge in [0.15, 0.2) is 0 Å². The van der Waals surface area contributed by atoms with Crippen molar-refractivity contribution in [3.05, 3.63) is 44.5 Å². The Kier molecular flexibility index (Phi) is 4.94. The van der Waals surface area contributed by atoms with E-state index in [9.17, 15) is 36.2 Å². The fraction of sp³-hybridized carbons (Fsp3) is 0.235. The van der Waals surface area contributed by atoms with Crippen molar-refractivity contribution in [2.75, 3.05) is 5.01 Å². The van der Waals surface area contributed by atoms with Crippen molar-refractivity contribution in [2.24, 2.45) is 5.10 Å². The average Bonchev–Trinajstić information content (AvgIpc) is 3.26. The van der Waals surface area contributed by atoms with Crippen LogP contribution in [-0.2, 0) is 0 Å². The Morgan fingerprint density at radius 1 is 1.19 bits per heavy atom. The highest BCUT2D eigenvalue weighted by Gasteiger charge is 2.65. The number of hydrogen-bond donors (Lipinski definition) is 1. The molecule has 0 saturated carbocycles. The van der Waals surface area contributed by atoms with Gasteiger partial charge in [-0.2, -0.15) is 36.5 Å². The van der Waals surface area contributed by atoms with Crippen LogP contribution in [0.3, 0.4) is 0 Å². The molecule has 3 heterocycles. The third kappa shape index (κ3) is 3.72. The molecule has 1 aliphatic rings. The lowest BCUT2D eigenvalue weighted by molar-refractivity contribution is -0.255. The molecule has 31 heavy (non-hydrogen) atoms. The minimum atomic E-state index is -5.47. The summed E-state index contributed by atoms with van der Waals surface area (Å²) in [5.74, 6) is 0. The number of rotatable bonds is 2. The van der Waals surface area contributed by atoms with E-state index in [1.165, 1.54) is 12.1 Å². The first-order valence-electron chi connectivity index (χ1n) is 8.23. The number of halogens is 7. The highest BCUT2D eigenvalue weighted by molar-refractivity contribution is 9.10. The largest absolute Gasteiger partial charge is 0.438 e. The van der Waals surface area contributed by atoms with Gasteiger partial charge in [-0.05, 0) is 24.3 Å². The number of hydrogen-bond acceptors (Lipinski definition) is 7. The number of anilines is 1. The molecular formula is C17H8BrF6N3O3S. The van der Waals surface area contributed by atoms with Crippen LogP contribution in [0.5, 0.6) is 0 Å². The zero-order valence-electron chi connectivity index (χ0n) is 14.8. The highest BCUT2D eigenvalue weighted by Crippen LogP contribution is 2.46. The Morgan fingerprint density at radius 2 is 1.90 bits per heavy atom. The number of aromatic nitrogens is 1. The summed E-state index contributed by atoms with van der Waals surface area (Å²) in [6.45, 7) is 0. The number of benzene rings is 1. The summed E-state index contributed by atoms with van der Waals surface area (Å²) >= 11 is 3.73. The second-order valence-corrected chi connectivity index (χ2v) is 8.24.